The molecule has 5 heteroatoms. The topological polar surface area (TPSA) is 79.9 Å². The third-order valence-electron chi connectivity index (χ3n) is 3.15. The standard InChI is InChI=1S/C16H12O5/c17-13-3-1-2-4-15(13)21-9-11-8-20-14-6-5-10(16(18)19)7-12(11)14/h1-8,17H,9H2,(H,18,19). The van der Waals surface area contributed by atoms with E-state index in [0.717, 1.165) is 5.56 Å². The van der Waals surface area contributed by atoms with Gasteiger partial charge in [-0.1, -0.05) is 12.1 Å². The summed E-state index contributed by atoms with van der Waals surface area (Å²) >= 11 is 0. The van der Waals surface area contributed by atoms with Crippen LogP contribution in [0, 0.1) is 0 Å². The van der Waals surface area contributed by atoms with E-state index in [0.29, 0.717) is 16.7 Å². The highest BCUT2D eigenvalue weighted by molar-refractivity contribution is 5.93. The third-order valence-corrected chi connectivity index (χ3v) is 3.15. The number of hydrogen-bond donors (Lipinski definition) is 2. The van der Waals surface area contributed by atoms with Gasteiger partial charge in [0.1, 0.15) is 12.2 Å². The number of hydrogen-bond acceptors (Lipinski definition) is 4. The predicted molar refractivity (Wildman–Crippen MR) is 75.6 cm³/mol. The zero-order valence-electron chi connectivity index (χ0n) is 10.9. The van der Waals surface area contributed by atoms with Gasteiger partial charge in [0, 0.05) is 10.9 Å². The minimum atomic E-state index is -0.995. The number of rotatable bonds is 4. The van der Waals surface area contributed by atoms with Crippen LogP contribution in [0.2, 0.25) is 0 Å². The highest BCUT2D eigenvalue weighted by Gasteiger charge is 2.11. The maximum absolute atomic E-state index is 11.0. The predicted octanol–water partition coefficient (Wildman–Crippen LogP) is 3.42. The molecule has 5 nitrogen and oxygen atoms in total. The van der Waals surface area contributed by atoms with Crippen LogP contribution in [0.25, 0.3) is 11.0 Å². The Morgan fingerprint density at radius 3 is 2.76 bits per heavy atom. The summed E-state index contributed by atoms with van der Waals surface area (Å²) in [6.45, 7) is 0.174. The first-order chi connectivity index (χ1) is 10.1. The number of carbonyl (C=O) groups is 1. The van der Waals surface area contributed by atoms with Gasteiger partial charge in [0.15, 0.2) is 11.5 Å². The zero-order valence-corrected chi connectivity index (χ0v) is 10.9. The van der Waals surface area contributed by atoms with Gasteiger partial charge in [-0.3, -0.25) is 0 Å². The van der Waals surface area contributed by atoms with Crippen molar-refractivity contribution in [1.29, 1.82) is 0 Å². The van der Waals surface area contributed by atoms with Crippen molar-refractivity contribution >= 4 is 16.9 Å². The van der Waals surface area contributed by atoms with Crippen LogP contribution >= 0.6 is 0 Å². The summed E-state index contributed by atoms with van der Waals surface area (Å²) in [6.07, 6.45) is 1.52. The van der Waals surface area contributed by atoms with Gasteiger partial charge in [-0.2, -0.15) is 0 Å². The Balaban J connectivity index is 1.89. The van der Waals surface area contributed by atoms with E-state index in [1.165, 1.54) is 18.4 Å². The first-order valence-electron chi connectivity index (χ1n) is 6.29. The fourth-order valence-corrected chi connectivity index (χ4v) is 2.06. The van der Waals surface area contributed by atoms with E-state index >= 15 is 0 Å². The molecule has 106 valence electrons. The third kappa shape index (κ3) is 2.53. The fraction of sp³-hybridized carbons (Fsp3) is 0.0625. The summed E-state index contributed by atoms with van der Waals surface area (Å²) in [6, 6.07) is 11.3. The lowest BCUT2D eigenvalue weighted by molar-refractivity contribution is 0.0697. The molecule has 1 heterocycles. The molecule has 0 atom stereocenters. The molecule has 0 spiro atoms. The number of ether oxygens (including phenoxy) is 1. The fourth-order valence-electron chi connectivity index (χ4n) is 2.06. The van der Waals surface area contributed by atoms with Crippen LogP contribution in [-0.4, -0.2) is 16.2 Å². The van der Waals surface area contributed by atoms with Gasteiger partial charge in [0.05, 0.1) is 11.8 Å². The minimum absolute atomic E-state index is 0.0523. The first kappa shape index (κ1) is 13.1. The molecule has 0 saturated heterocycles. The van der Waals surface area contributed by atoms with Crippen molar-refractivity contribution < 1.29 is 24.2 Å². The van der Waals surface area contributed by atoms with Crippen LogP contribution in [0.3, 0.4) is 0 Å². The Hall–Kier alpha value is -2.95. The molecule has 1 aromatic heterocycles. The van der Waals surface area contributed by atoms with E-state index in [1.807, 2.05) is 0 Å². The van der Waals surface area contributed by atoms with Crippen LogP contribution < -0.4 is 4.74 Å². The molecular weight excluding hydrogens is 272 g/mol. The molecule has 0 saturated carbocycles. The van der Waals surface area contributed by atoms with Crippen LogP contribution in [0.1, 0.15) is 15.9 Å². The summed E-state index contributed by atoms with van der Waals surface area (Å²) in [5.41, 5.74) is 1.50. The molecule has 21 heavy (non-hydrogen) atoms. The van der Waals surface area contributed by atoms with Crippen molar-refractivity contribution in [2.45, 2.75) is 6.61 Å². The second-order valence-corrected chi connectivity index (χ2v) is 4.53. The number of para-hydroxylation sites is 2. The average Bonchev–Trinajstić information content (AvgIpc) is 2.88. The molecule has 2 N–H and O–H groups in total. The molecule has 0 bridgehead atoms. The van der Waals surface area contributed by atoms with Crippen molar-refractivity contribution in [3.63, 3.8) is 0 Å². The van der Waals surface area contributed by atoms with Gasteiger partial charge in [0.2, 0.25) is 0 Å². The molecule has 0 fully saturated rings. The van der Waals surface area contributed by atoms with E-state index in [9.17, 15) is 9.90 Å². The summed E-state index contributed by atoms with van der Waals surface area (Å²) in [5, 5.41) is 19.4. The maximum Gasteiger partial charge on any atom is 0.335 e. The van der Waals surface area contributed by atoms with Gasteiger partial charge in [-0.05, 0) is 30.3 Å². The quantitative estimate of drug-likeness (QED) is 0.767. The van der Waals surface area contributed by atoms with Crippen LogP contribution in [0.5, 0.6) is 11.5 Å². The lowest BCUT2D eigenvalue weighted by Gasteiger charge is -2.06. The monoisotopic (exact) mass is 284 g/mol. The van der Waals surface area contributed by atoms with E-state index in [-0.39, 0.29) is 17.9 Å². The molecule has 3 rings (SSSR count). The van der Waals surface area contributed by atoms with Crippen molar-refractivity contribution in [2.24, 2.45) is 0 Å². The number of carboxylic acid groups (broad SMARTS) is 1. The highest BCUT2D eigenvalue weighted by Crippen LogP contribution is 2.28. The zero-order chi connectivity index (χ0) is 14.8. The second kappa shape index (κ2) is 5.20. The summed E-state index contributed by atoms with van der Waals surface area (Å²) in [4.78, 5) is 11.0. The normalized spacial score (nSPS) is 10.7. The lowest BCUT2D eigenvalue weighted by Crippen LogP contribution is -1.97. The Bertz CT molecular complexity index is 803. The lowest BCUT2D eigenvalue weighted by atomic mass is 10.1. The smallest absolute Gasteiger partial charge is 0.335 e. The number of aromatic carboxylic acids is 1. The SMILES string of the molecule is O=C(O)c1ccc2occ(COc3ccccc3O)c2c1. The van der Waals surface area contributed by atoms with E-state index in [4.69, 9.17) is 14.3 Å². The van der Waals surface area contributed by atoms with Crippen LogP contribution in [-0.2, 0) is 6.61 Å². The molecular formula is C16H12O5. The largest absolute Gasteiger partial charge is 0.504 e. The molecule has 2 aromatic carbocycles. The van der Waals surface area contributed by atoms with Crippen molar-refractivity contribution in [3.8, 4) is 11.5 Å². The molecule has 0 aliphatic carbocycles. The number of fused-ring (bicyclic) bond motifs is 1. The van der Waals surface area contributed by atoms with Crippen LogP contribution in [0.4, 0.5) is 0 Å². The molecule has 0 aliphatic rings. The van der Waals surface area contributed by atoms with E-state index in [2.05, 4.69) is 0 Å². The van der Waals surface area contributed by atoms with Crippen molar-refractivity contribution in [3.05, 3.63) is 59.9 Å². The van der Waals surface area contributed by atoms with Gasteiger partial charge >= 0.3 is 5.97 Å². The number of furan rings is 1. The number of phenols is 1. The maximum atomic E-state index is 11.0. The Labute approximate surface area is 120 Å². The highest BCUT2D eigenvalue weighted by atomic mass is 16.5. The Kier molecular flexibility index (Phi) is 3.23. The average molecular weight is 284 g/mol. The summed E-state index contributed by atoms with van der Waals surface area (Å²) in [5.74, 6) is -0.580. The van der Waals surface area contributed by atoms with Gasteiger partial charge in [0.25, 0.3) is 0 Å². The van der Waals surface area contributed by atoms with Crippen molar-refractivity contribution in [1.82, 2.24) is 0 Å². The Morgan fingerprint density at radius 1 is 1.19 bits per heavy atom. The summed E-state index contributed by atoms with van der Waals surface area (Å²) < 4.78 is 10.9. The number of phenolic OH excluding ortho intramolecular Hbond substituents is 1. The summed E-state index contributed by atoms with van der Waals surface area (Å²) in [7, 11) is 0. The minimum Gasteiger partial charge on any atom is -0.504 e. The molecule has 3 aromatic rings. The van der Waals surface area contributed by atoms with Gasteiger partial charge in [-0.15, -0.1) is 0 Å². The number of carboxylic acids is 1. The molecule has 0 amide bonds. The first-order valence-corrected chi connectivity index (χ1v) is 6.29. The molecule has 0 radical (unpaired) electrons. The number of benzene rings is 2. The molecule has 0 aliphatic heterocycles. The van der Waals surface area contributed by atoms with Crippen LogP contribution in [0.15, 0.2) is 53.1 Å². The number of aromatic hydroxyl groups is 1. The second-order valence-electron chi connectivity index (χ2n) is 4.53. The van der Waals surface area contributed by atoms with E-state index < -0.39 is 5.97 Å². The van der Waals surface area contributed by atoms with E-state index in [1.54, 1.807) is 30.3 Å². The van der Waals surface area contributed by atoms with Gasteiger partial charge < -0.3 is 19.4 Å². The molecule has 0 unspecified atom stereocenters. The Morgan fingerprint density at radius 2 is 2.00 bits per heavy atom. The van der Waals surface area contributed by atoms with Crippen molar-refractivity contribution in [2.75, 3.05) is 0 Å². The van der Waals surface area contributed by atoms with Gasteiger partial charge in [-0.25, -0.2) is 4.79 Å².